The summed E-state index contributed by atoms with van der Waals surface area (Å²) < 4.78 is 4.43. The molecular formula is C19H19ClN6O2. The molecule has 1 aliphatic rings. The molecule has 9 heteroatoms. The number of halogens is 1. The number of hydrazone groups is 1. The molecule has 0 atom stereocenters. The molecule has 0 fully saturated rings. The van der Waals surface area contributed by atoms with Gasteiger partial charge >= 0.3 is 5.69 Å². The van der Waals surface area contributed by atoms with Crippen LogP contribution in [0.2, 0.25) is 5.02 Å². The Labute approximate surface area is 165 Å². The van der Waals surface area contributed by atoms with Crippen LogP contribution in [0.3, 0.4) is 0 Å². The zero-order valence-electron chi connectivity index (χ0n) is 15.6. The van der Waals surface area contributed by atoms with E-state index in [2.05, 4.69) is 16.7 Å². The van der Waals surface area contributed by atoms with Gasteiger partial charge in [-0.3, -0.25) is 18.5 Å². The Bertz CT molecular complexity index is 1230. The minimum absolute atomic E-state index is 0.155. The number of aromatic nitrogens is 4. The van der Waals surface area contributed by atoms with Crippen LogP contribution in [0.5, 0.6) is 0 Å². The first kappa shape index (κ1) is 18.2. The molecule has 3 heterocycles. The molecule has 1 aromatic carbocycles. The largest absolute Gasteiger partial charge is 0.332 e. The monoisotopic (exact) mass is 398 g/mol. The Morgan fingerprint density at radius 3 is 2.64 bits per heavy atom. The van der Waals surface area contributed by atoms with Gasteiger partial charge in [0.2, 0.25) is 5.95 Å². The van der Waals surface area contributed by atoms with Crippen molar-refractivity contribution in [3.63, 3.8) is 0 Å². The molecule has 4 rings (SSSR count). The molecule has 28 heavy (non-hydrogen) atoms. The summed E-state index contributed by atoms with van der Waals surface area (Å²) in [6.45, 7) is 6.68. The lowest BCUT2D eigenvalue weighted by Crippen LogP contribution is -2.40. The van der Waals surface area contributed by atoms with E-state index in [9.17, 15) is 9.59 Å². The maximum absolute atomic E-state index is 13.3. The van der Waals surface area contributed by atoms with E-state index in [1.54, 1.807) is 47.0 Å². The number of anilines is 1. The van der Waals surface area contributed by atoms with Crippen LogP contribution in [0.1, 0.15) is 12.5 Å². The van der Waals surface area contributed by atoms with Crippen molar-refractivity contribution >= 4 is 34.4 Å². The molecule has 0 bridgehead atoms. The van der Waals surface area contributed by atoms with Gasteiger partial charge in [0.05, 0.1) is 25.3 Å². The van der Waals surface area contributed by atoms with Gasteiger partial charge in [-0.05, 0) is 24.6 Å². The minimum Gasteiger partial charge on any atom is -0.297 e. The number of hydrogen-bond donors (Lipinski definition) is 0. The highest BCUT2D eigenvalue weighted by Gasteiger charge is 2.26. The Balaban J connectivity index is 1.94. The smallest absolute Gasteiger partial charge is 0.297 e. The zero-order valence-corrected chi connectivity index (χ0v) is 16.3. The lowest BCUT2D eigenvalue weighted by molar-refractivity contribution is 0.653. The molecule has 144 valence electrons. The molecule has 0 spiro atoms. The van der Waals surface area contributed by atoms with E-state index in [0.717, 1.165) is 11.3 Å². The summed E-state index contributed by atoms with van der Waals surface area (Å²) in [5.74, 6) is 0.525. The van der Waals surface area contributed by atoms with Crippen LogP contribution in [-0.4, -0.2) is 30.9 Å². The van der Waals surface area contributed by atoms with Gasteiger partial charge in [-0.25, -0.2) is 9.80 Å². The quantitative estimate of drug-likeness (QED) is 0.629. The third kappa shape index (κ3) is 2.86. The van der Waals surface area contributed by atoms with Gasteiger partial charge in [-0.1, -0.05) is 29.8 Å². The van der Waals surface area contributed by atoms with Crippen molar-refractivity contribution in [1.29, 1.82) is 0 Å². The fourth-order valence-electron chi connectivity index (χ4n) is 3.37. The maximum atomic E-state index is 13.3. The first-order valence-electron chi connectivity index (χ1n) is 8.77. The fourth-order valence-corrected chi connectivity index (χ4v) is 3.50. The van der Waals surface area contributed by atoms with Crippen molar-refractivity contribution < 1.29 is 0 Å². The molecular weight excluding hydrogens is 380 g/mol. The van der Waals surface area contributed by atoms with Crippen LogP contribution >= 0.6 is 11.6 Å². The minimum atomic E-state index is -0.421. The second-order valence-electron chi connectivity index (χ2n) is 6.74. The number of aryl methyl sites for hydroxylation is 1. The normalized spacial score (nSPS) is 13.5. The number of rotatable bonds is 4. The highest BCUT2D eigenvalue weighted by atomic mass is 35.5. The predicted octanol–water partition coefficient (Wildman–Crippen LogP) is 1.98. The summed E-state index contributed by atoms with van der Waals surface area (Å²) in [6, 6.07) is 7.07. The van der Waals surface area contributed by atoms with Gasteiger partial charge < -0.3 is 0 Å². The fraction of sp³-hybridized carbons (Fsp3) is 0.263. The molecule has 2 aromatic heterocycles. The first-order chi connectivity index (χ1) is 13.4. The lowest BCUT2D eigenvalue weighted by atomic mass is 10.2. The van der Waals surface area contributed by atoms with Crippen molar-refractivity contribution in [2.24, 2.45) is 12.1 Å². The van der Waals surface area contributed by atoms with E-state index >= 15 is 0 Å². The highest BCUT2D eigenvalue weighted by Crippen LogP contribution is 2.23. The molecule has 0 N–H and O–H groups in total. The Hall–Kier alpha value is -3.13. The Kier molecular flexibility index (Phi) is 4.43. The van der Waals surface area contributed by atoms with Gasteiger partial charge in [0.1, 0.15) is 0 Å². The van der Waals surface area contributed by atoms with E-state index in [0.29, 0.717) is 35.2 Å². The van der Waals surface area contributed by atoms with Crippen LogP contribution in [-0.2, 0) is 20.1 Å². The van der Waals surface area contributed by atoms with Crippen molar-refractivity contribution in [2.45, 2.75) is 20.0 Å². The van der Waals surface area contributed by atoms with Crippen LogP contribution in [0, 0.1) is 0 Å². The van der Waals surface area contributed by atoms with E-state index in [-0.39, 0.29) is 12.1 Å². The Morgan fingerprint density at radius 1 is 1.25 bits per heavy atom. The molecule has 0 radical (unpaired) electrons. The van der Waals surface area contributed by atoms with Crippen LogP contribution < -0.4 is 16.3 Å². The van der Waals surface area contributed by atoms with E-state index in [1.165, 1.54) is 9.13 Å². The van der Waals surface area contributed by atoms with Gasteiger partial charge in [0, 0.05) is 12.1 Å². The topological polar surface area (TPSA) is 77.4 Å². The van der Waals surface area contributed by atoms with E-state index < -0.39 is 5.69 Å². The standard InChI is InChI=1S/C19H19ClN6O2/c1-4-9-26-18-21-16-15(24(18)10-12(2)22-26)17(27)25(19(28)23(16)3)11-13-5-7-14(20)8-6-13/h4-8H,1,9-11H2,2-3H3. The van der Waals surface area contributed by atoms with Crippen molar-refractivity contribution in [3.05, 3.63) is 68.3 Å². The van der Waals surface area contributed by atoms with Gasteiger partial charge in [0.25, 0.3) is 5.56 Å². The molecule has 0 aliphatic carbocycles. The third-order valence-corrected chi connectivity index (χ3v) is 4.93. The molecule has 3 aromatic rings. The molecule has 0 saturated carbocycles. The molecule has 0 amide bonds. The molecule has 0 saturated heterocycles. The molecule has 8 nitrogen and oxygen atoms in total. The third-order valence-electron chi connectivity index (χ3n) is 4.68. The Morgan fingerprint density at radius 2 is 1.96 bits per heavy atom. The lowest BCUT2D eigenvalue weighted by Gasteiger charge is -2.23. The zero-order chi connectivity index (χ0) is 20.0. The van der Waals surface area contributed by atoms with E-state index in [1.807, 2.05) is 6.92 Å². The summed E-state index contributed by atoms with van der Waals surface area (Å²) in [7, 11) is 1.62. The SMILES string of the molecule is C=CCN1N=C(C)Cn2c1nc1c2c(=O)n(Cc2ccc(Cl)cc2)c(=O)n1C. The van der Waals surface area contributed by atoms with Crippen molar-refractivity contribution in [3.8, 4) is 0 Å². The van der Waals surface area contributed by atoms with Crippen molar-refractivity contribution in [2.75, 3.05) is 11.6 Å². The average molecular weight is 399 g/mol. The van der Waals surface area contributed by atoms with E-state index in [4.69, 9.17) is 11.6 Å². The molecule has 1 aliphatic heterocycles. The summed E-state index contributed by atoms with van der Waals surface area (Å²) >= 11 is 5.93. The van der Waals surface area contributed by atoms with Gasteiger partial charge in [0.15, 0.2) is 11.2 Å². The number of hydrogen-bond acceptors (Lipinski definition) is 5. The summed E-state index contributed by atoms with van der Waals surface area (Å²) in [5, 5.41) is 6.75. The van der Waals surface area contributed by atoms with Crippen molar-refractivity contribution in [1.82, 2.24) is 18.7 Å². The summed E-state index contributed by atoms with van der Waals surface area (Å²) in [4.78, 5) is 30.6. The number of imidazole rings is 1. The number of fused-ring (bicyclic) bond motifs is 3. The van der Waals surface area contributed by atoms with Gasteiger partial charge in [-0.2, -0.15) is 10.1 Å². The average Bonchev–Trinajstić information content (AvgIpc) is 3.05. The predicted molar refractivity (Wildman–Crippen MR) is 110 cm³/mol. The second kappa shape index (κ2) is 6.79. The maximum Gasteiger partial charge on any atom is 0.332 e. The summed E-state index contributed by atoms with van der Waals surface area (Å²) in [5.41, 5.74) is 1.58. The van der Waals surface area contributed by atoms with Crippen LogP contribution in [0.25, 0.3) is 11.2 Å². The first-order valence-corrected chi connectivity index (χ1v) is 9.15. The second-order valence-corrected chi connectivity index (χ2v) is 7.17. The number of nitrogens with zero attached hydrogens (tertiary/aromatic N) is 6. The summed E-state index contributed by atoms with van der Waals surface area (Å²) in [6.07, 6.45) is 1.71. The van der Waals surface area contributed by atoms with Crippen LogP contribution in [0.15, 0.2) is 51.6 Å². The van der Waals surface area contributed by atoms with Gasteiger partial charge in [-0.15, -0.1) is 6.58 Å². The molecule has 0 unspecified atom stereocenters. The number of benzene rings is 1. The van der Waals surface area contributed by atoms with Crippen LogP contribution in [0.4, 0.5) is 5.95 Å². The highest BCUT2D eigenvalue weighted by molar-refractivity contribution is 6.30.